The predicted molar refractivity (Wildman–Crippen MR) is 98.6 cm³/mol. The third kappa shape index (κ3) is 3.61. The highest BCUT2D eigenvalue weighted by Crippen LogP contribution is 2.36. The third-order valence-corrected chi connectivity index (χ3v) is 4.51. The SMILES string of the molecule is COC(=O)CSC1=C(C#N)C2C(=N1)N=C(C)N=C2Nc1ccccc1. The number of para-hydroxylation sites is 1. The molecule has 2 heterocycles. The lowest BCUT2D eigenvalue weighted by Crippen LogP contribution is -2.32. The fraction of sp³-hybridized carbons (Fsp3) is 0.235. The largest absolute Gasteiger partial charge is 0.468 e. The molecular formula is C17H15N5O2S. The van der Waals surface area contributed by atoms with Gasteiger partial charge in [0.15, 0.2) is 0 Å². The molecule has 126 valence electrons. The number of carbonyl (C=O) groups excluding carboxylic acids is 1. The smallest absolute Gasteiger partial charge is 0.316 e. The minimum absolute atomic E-state index is 0.0851. The summed E-state index contributed by atoms with van der Waals surface area (Å²) in [6, 6.07) is 11.8. The van der Waals surface area contributed by atoms with Crippen molar-refractivity contribution < 1.29 is 9.53 Å². The number of ether oxygens (including phenoxy) is 1. The van der Waals surface area contributed by atoms with Gasteiger partial charge in [-0.1, -0.05) is 30.0 Å². The van der Waals surface area contributed by atoms with Crippen molar-refractivity contribution in [2.24, 2.45) is 20.9 Å². The Bertz CT molecular complexity index is 865. The van der Waals surface area contributed by atoms with Crippen molar-refractivity contribution in [3.05, 3.63) is 40.9 Å². The summed E-state index contributed by atoms with van der Waals surface area (Å²) in [6.45, 7) is 1.77. The number of hydrogen-bond acceptors (Lipinski definition) is 8. The predicted octanol–water partition coefficient (Wildman–Crippen LogP) is 2.60. The molecule has 2 aliphatic rings. The van der Waals surface area contributed by atoms with E-state index in [-0.39, 0.29) is 11.7 Å². The molecule has 1 N–H and O–H groups in total. The van der Waals surface area contributed by atoms with Crippen LogP contribution >= 0.6 is 11.8 Å². The highest BCUT2D eigenvalue weighted by atomic mass is 32.2. The molecule has 0 fully saturated rings. The van der Waals surface area contributed by atoms with Crippen molar-refractivity contribution in [1.82, 2.24) is 0 Å². The van der Waals surface area contributed by atoms with Gasteiger partial charge in [0.25, 0.3) is 0 Å². The van der Waals surface area contributed by atoms with Gasteiger partial charge in [-0.3, -0.25) is 4.79 Å². The van der Waals surface area contributed by atoms with Crippen LogP contribution in [0, 0.1) is 17.2 Å². The van der Waals surface area contributed by atoms with E-state index in [0.29, 0.717) is 28.1 Å². The first-order valence-electron chi connectivity index (χ1n) is 7.50. The van der Waals surface area contributed by atoms with E-state index in [1.807, 2.05) is 30.3 Å². The molecule has 3 rings (SSSR count). The monoisotopic (exact) mass is 353 g/mol. The third-order valence-electron chi connectivity index (χ3n) is 3.55. The Morgan fingerprint density at radius 1 is 1.32 bits per heavy atom. The summed E-state index contributed by atoms with van der Waals surface area (Å²) in [5.74, 6) is 0.930. The van der Waals surface area contributed by atoms with Crippen LogP contribution in [0.5, 0.6) is 0 Å². The first-order chi connectivity index (χ1) is 12.1. The summed E-state index contributed by atoms with van der Waals surface area (Å²) in [6.07, 6.45) is 0. The minimum Gasteiger partial charge on any atom is -0.468 e. The van der Waals surface area contributed by atoms with E-state index in [4.69, 9.17) is 0 Å². The number of rotatable bonds is 4. The quantitative estimate of drug-likeness (QED) is 0.839. The molecule has 1 aromatic rings. The summed E-state index contributed by atoms with van der Waals surface area (Å²) in [5.41, 5.74) is 1.30. The molecule has 1 unspecified atom stereocenters. The lowest BCUT2D eigenvalue weighted by molar-refractivity contribution is -0.137. The molecule has 0 saturated heterocycles. The first kappa shape index (κ1) is 16.9. The molecule has 0 saturated carbocycles. The van der Waals surface area contributed by atoms with E-state index >= 15 is 0 Å². The van der Waals surface area contributed by atoms with Crippen LogP contribution in [-0.2, 0) is 9.53 Å². The number of amidine groups is 3. The van der Waals surface area contributed by atoms with Gasteiger partial charge in [0.05, 0.1) is 24.5 Å². The molecule has 0 aliphatic carbocycles. The maximum absolute atomic E-state index is 11.4. The summed E-state index contributed by atoms with van der Waals surface area (Å²) in [5, 5.41) is 13.3. The normalized spacial score (nSPS) is 18.6. The number of anilines is 1. The molecule has 1 aromatic carbocycles. The minimum atomic E-state index is -0.450. The Balaban J connectivity index is 1.90. The number of methoxy groups -OCH3 is 1. The van der Waals surface area contributed by atoms with Gasteiger partial charge in [0.1, 0.15) is 28.5 Å². The molecule has 0 aromatic heterocycles. The van der Waals surface area contributed by atoms with Crippen LogP contribution in [0.4, 0.5) is 5.69 Å². The van der Waals surface area contributed by atoms with Gasteiger partial charge in [-0.2, -0.15) is 5.26 Å². The number of nitrogens with one attached hydrogen (secondary N) is 1. The molecule has 0 radical (unpaired) electrons. The summed E-state index contributed by atoms with van der Waals surface area (Å²) in [4.78, 5) is 24.6. The van der Waals surface area contributed by atoms with Crippen LogP contribution in [0.2, 0.25) is 0 Å². The number of fused-ring (bicyclic) bond motifs is 1. The van der Waals surface area contributed by atoms with E-state index < -0.39 is 5.92 Å². The number of esters is 1. The second-order valence-corrected chi connectivity index (χ2v) is 6.21. The Hall–Kier alpha value is -2.92. The van der Waals surface area contributed by atoms with Crippen LogP contribution in [0.25, 0.3) is 0 Å². The standard InChI is InChI=1S/C17H15N5O2S/c1-10-19-15(21-11-6-4-3-5-7-11)14-12(8-18)17(22-16(14)20-10)25-9-13(23)24-2/h3-7,14H,9H2,1-2H3,(H,19,20,21,22). The van der Waals surface area contributed by atoms with Gasteiger partial charge in [0.2, 0.25) is 0 Å². The van der Waals surface area contributed by atoms with Crippen LogP contribution in [0.1, 0.15) is 6.92 Å². The highest BCUT2D eigenvalue weighted by Gasteiger charge is 2.37. The number of nitriles is 1. The molecule has 0 amide bonds. The zero-order chi connectivity index (χ0) is 17.8. The summed E-state index contributed by atoms with van der Waals surface area (Å²) < 4.78 is 4.64. The average Bonchev–Trinajstić information content (AvgIpc) is 2.97. The van der Waals surface area contributed by atoms with Crippen LogP contribution in [0.3, 0.4) is 0 Å². The Morgan fingerprint density at radius 3 is 2.76 bits per heavy atom. The number of aliphatic imine (C=N–C) groups is 3. The zero-order valence-corrected chi connectivity index (χ0v) is 14.5. The van der Waals surface area contributed by atoms with Gasteiger partial charge in [-0.05, 0) is 19.1 Å². The summed E-state index contributed by atoms with van der Waals surface area (Å²) in [7, 11) is 1.32. The maximum atomic E-state index is 11.4. The molecule has 7 nitrogen and oxygen atoms in total. The van der Waals surface area contributed by atoms with Crippen molar-refractivity contribution in [3.8, 4) is 6.07 Å². The van der Waals surface area contributed by atoms with Crippen molar-refractivity contribution in [2.75, 3.05) is 18.2 Å². The highest BCUT2D eigenvalue weighted by molar-refractivity contribution is 8.03. The maximum Gasteiger partial charge on any atom is 0.316 e. The van der Waals surface area contributed by atoms with Crippen LogP contribution in [0.15, 0.2) is 55.9 Å². The van der Waals surface area contributed by atoms with Crippen molar-refractivity contribution >= 4 is 40.9 Å². The molecular weight excluding hydrogens is 338 g/mol. The van der Waals surface area contributed by atoms with Crippen LogP contribution < -0.4 is 5.32 Å². The van der Waals surface area contributed by atoms with E-state index in [9.17, 15) is 10.1 Å². The Morgan fingerprint density at radius 2 is 2.08 bits per heavy atom. The van der Waals surface area contributed by atoms with Gasteiger partial charge in [-0.15, -0.1) is 0 Å². The molecule has 8 heteroatoms. The first-order valence-corrected chi connectivity index (χ1v) is 8.49. The van der Waals surface area contributed by atoms with E-state index in [2.05, 4.69) is 31.1 Å². The van der Waals surface area contributed by atoms with Crippen LogP contribution in [-0.4, -0.2) is 36.3 Å². The Kier molecular flexibility index (Phi) is 4.95. The number of hydrogen-bond donors (Lipinski definition) is 1. The van der Waals surface area contributed by atoms with Gasteiger partial charge >= 0.3 is 5.97 Å². The molecule has 0 spiro atoms. The fourth-order valence-corrected chi connectivity index (χ4v) is 3.29. The van der Waals surface area contributed by atoms with Gasteiger partial charge in [-0.25, -0.2) is 15.0 Å². The molecule has 1 atom stereocenters. The molecule has 0 bridgehead atoms. The molecule has 25 heavy (non-hydrogen) atoms. The number of nitrogens with zero attached hydrogens (tertiary/aromatic N) is 4. The van der Waals surface area contributed by atoms with Crippen molar-refractivity contribution in [1.29, 1.82) is 5.26 Å². The summed E-state index contributed by atoms with van der Waals surface area (Å²) >= 11 is 1.17. The lowest BCUT2D eigenvalue weighted by Gasteiger charge is -2.20. The van der Waals surface area contributed by atoms with E-state index in [0.717, 1.165) is 5.69 Å². The zero-order valence-electron chi connectivity index (χ0n) is 13.7. The average molecular weight is 353 g/mol. The fourth-order valence-electron chi connectivity index (χ4n) is 2.44. The van der Waals surface area contributed by atoms with Crippen molar-refractivity contribution in [3.63, 3.8) is 0 Å². The van der Waals surface area contributed by atoms with Crippen molar-refractivity contribution in [2.45, 2.75) is 6.92 Å². The second kappa shape index (κ2) is 7.32. The number of benzene rings is 1. The topological polar surface area (TPSA) is 99.2 Å². The van der Waals surface area contributed by atoms with Gasteiger partial charge in [0, 0.05) is 5.69 Å². The molecule has 2 aliphatic heterocycles. The lowest BCUT2D eigenvalue weighted by atomic mass is 9.98. The Labute approximate surface area is 149 Å². The second-order valence-electron chi connectivity index (χ2n) is 5.25. The number of carbonyl (C=O) groups is 1. The number of thioether (sulfide) groups is 1. The van der Waals surface area contributed by atoms with Gasteiger partial charge < -0.3 is 10.1 Å². The van der Waals surface area contributed by atoms with E-state index in [1.54, 1.807) is 6.92 Å². The van der Waals surface area contributed by atoms with E-state index in [1.165, 1.54) is 18.9 Å².